The van der Waals surface area contributed by atoms with E-state index < -0.39 is 24.3 Å². The maximum absolute atomic E-state index is 13.5. The second-order valence-electron chi connectivity index (χ2n) is 16.1. The van der Waals surface area contributed by atoms with Crippen molar-refractivity contribution in [3.05, 3.63) is 239 Å². The SMILES string of the molecule is O=C(N[C@@H](Cc1ccccc1)c1c[n+]2cn1Cc1cccc(n1)Cn1c[n+](cc1[C@H](Cc1ccccc1)NC(=O)OCc1ccccc1)Cc1cccc(n1)C2)OCc1ccccc1. The van der Waals surface area contributed by atoms with Gasteiger partial charge in [0, 0.05) is 12.8 Å². The monoisotopic (exact) mass is 850 g/mol. The van der Waals surface area contributed by atoms with Gasteiger partial charge < -0.3 is 20.1 Å². The van der Waals surface area contributed by atoms with Crippen molar-refractivity contribution in [3.8, 4) is 0 Å². The highest BCUT2D eigenvalue weighted by molar-refractivity contribution is 5.68. The molecule has 0 saturated heterocycles. The van der Waals surface area contributed by atoms with E-state index in [0.29, 0.717) is 39.0 Å². The highest BCUT2D eigenvalue weighted by Gasteiger charge is 2.29. The fraction of sp³-hybridized carbons (Fsp3) is 0.192. The van der Waals surface area contributed by atoms with Crippen LogP contribution in [-0.4, -0.2) is 31.3 Å². The van der Waals surface area contributed by atoms with Crippen molar-refractivity contribution in [2.24, 2.45) is 0 Å². The molecule has 0 aliphatic carbocycles. The number of alkyl carbamates (subject to hydrolysis) is 2. The Morgan fingerprint density at radius 1 is 0.484 bits per heavy atom. The van der Waals surface area contributed by atoms with Crippen molar-refractivity contribution in [2.45, 2.75) is 64.3 Å². The number of nitrogens with zero attached hydrogens (tertiary/aromatic N) is 6. The minimum absolute atomic E-state index is 0.161. The second kappa shape index (κ2) is 19.9. The Morgan fingerprint density at radius 3 is 1.25 bits per heavy atom. The van der Waals surface area contributed by atoms with E-state index in [1.807, 2.05) is 133 Å². The highest BCUT2D eigenvalue weighted by atomic mass is 16.6. The zero-order valence-corrected chi connectivity index (χ0v) is 35.4. The van der Waals surface area contributed by atoms with Crippen molar-refractivity contribution in [2.75, 3.05) is 0 Å². The summed E-state index contributed by atoms with van der Waals surface area (Å²) in [6, 6.07) is 51.0. The van der Waals surface area contributed by atoms with Gasteiger partial charge in [0.25, 0.3) is 0 Å². The van der Waals surface area contributed by atoms with Gasteiger partial charge >= 0.3 is 12.2 Å². The van der Waals surface area contributed by atoms with Gasteiger partial charge in [-0.2, -0.15) is 0 Å². The van der Waals surface area contributed by atoms with Gasteiger partial charge in [-0.15, -0.1) is 0 Å². The van der Waals surface area contributed by atoms with Crippen LogP contribution in [0, 0.1) is 0 Å². The maximum Gasteiger partial charge on any atom is 0.408 e. The van der Waals surface area contributed by atoms with Gasteiger partial charge in [0.15, 0.2) is 11.4 Å². The summed E-state index contributed by atoms with van der Waals surface area (Å²) in [4.78, 5) is 37.4. The first-order valence-electron chi connectivity index (χ1n) is 21.6. The molecule has 8 aromatic rings. The summed E-state index contributed by atoms with van der Waals surface area (Å²) < 4.78 is 20.0. The number of amides is 2. The molecule has 0 fully saturated rings. The lowest BCUT2D eigenvalue weighted by atomic mass is 10.0. The van der Waals surface area contributed by atoms with E-state index in [4.69, 9.17) is 19.4 Å². The lowest BCUT2D eigenvalue weighted by Crippen LogP contribution is -2.35. The molecule has 0 saturated carbocycles. The zero-order valence-electron chi connectivity index (χ0n) is 35.4. The number of ether oxygens (including phenoxy) is 2. The largest absolute Gasteiger partial charge is 0.445 e. The number of fused-ring (bicyclic) bond motifs is 8. The van der Waals surface area contributed by atoms with E-state index in [1.54, 1.807) is 0 Å². The van der Waals surface area contributed by atoms with Crippen molar-refractivity contribution in [3.63, 3.8) is 0 Å². The minimum Gasteiger partial charge on any atom is -0.445 e. The highest BCUT2D eigenvalue weighted by Crippen LogP contribution is 2.23. The normalized spacial score (nSPS) is 13.0. The van der Waals surface area contributed by atoms with E-state index >= 15 is 0 Å². The van der Waals surface area contributed by atoms with Crippen LogP contribution >= 0.6 is 0 Å². The Balaban J connectivity index is 1.05. The molecular formula is C52H50N8O4+2. The van der Waals surface area contributed by atoms with Gasteiger partial charge in [-0.25, -0.2) is 37.8 Å². The van der Waals surface area contributed by atoms with Crippen LogP contribution in [0.2, 0.25) is 0 Å². The van der Waals surface area contributed by atoms with E-state index in [1.165, 1.54) is 0 Å². The molecule has 2 amide bonds. The lowest BCUT2D eigenvalue weighted by molar-refractivity contribution is -0.690. The Bertz CT molecular complexity index is 2610. The van der Waals surface area contributed by atoms with E-state index in [2.05, 4.69) is 78.2 Å². The van der Waals surface area contributed by atoms with Crippen LogP contribution in [-0.2, 0) is 61.7 Å². The molecule has 2 atom stereocenters. The maximum atomic E-state index is 13.5. The minimum atomic E-state index is -0.499. The average molecular weight is 851 g/mol. The molecule has 1 aliphatic heterocycles. The van der Waals surface area contributed by atoms with Crippen molar-refractivity contribution >= 4 is 12.2 Å². The third-order valence-electron chi connectivity index (χ3n) is 11.2. The molecular weight excluding hydrogens is 801 g/mol. The molecule has 4 aromatic carbocycles. The van der Waals surface area contributed by atoms with Crippen LogP contribution in [0.4, 0.5) is 9.59 Å². The zero-order chi connectivity index (χ0) is 43.5. The standard InChI is InChI=1S/C52H48N8O4/c61-51(63-35-41-19-9-3-10-20-41)55-47(27-39-15-5-1-6-16-39)49-33-57-29-43-23-13-24-44(53-43)30-58-34-50(60(38-58)32-46-26-14-25-45(54-46)31-59(49)37-57)48(28-40-17-7-2-8-18-40)56-52(62)64-36-42-21-11-4-12-22-42/h1-26,33-34,37-38,47-48H,27-32,35-36H2/p+2/t47-,48-/m0/s1. The average Bonchev–Trinajstić information content (AvgIpc) is 3.91. The predicted octanol–water partition coefficient (Wildman–Crippen LogP) is 7.58. The Morgan fingerprint density at radius 2 is 0.844 bits per heavy atom. The van der Waals surface area contributed by atoms with Gasteiger partial charge in [-0.05, 0) is 46.5 Å². The number of carbonyl (C=O) groups excluding carboxylic acids is 2. The van der Waals surface area contributed by atoms with Crippen molar-refractivity contribution in [1.82, 2.24) is 29.7 Å². The molecule has 0 spiro atoms. The number of nitrogens with one attached hydrogen (secondary N) is 2. The van der Waals surface area contributed by atoms with E-state index in [0.717, 1.165) is 56.4 Å². The van der Waals surface area contributed by atoms with Crippen LogP contribution in [0.25, 0.3) is 0 Å². The molecule has 5 heterocycles. The Kier molecular flexibility index (Phi) is 12.9. The molecule has 9 rings (SSSR count). The van der Waals surface area contributed by atoms with E-state index in [9.17, 15) is 9.59 Å². The second-order valence-corrected chi connectivity index (χ2v) is 16.1. The summed E-state index contributed by atoms with van der Waals surface area (Å²) in [6.07, 6.45) is 8.40. The van der Waals surface area contributed by atoms with Crippen molar-refractivity contribution in [1.29, 1.82) is 0 Å². The summed E-state index contributed by atoms with van der Waals surface area (Å²) in [7, 11) is 0. The number of rotatable bonds is 12. The molecule has 2 N–H and O–H groups in total. The van der Waals surface area contributed by atoms with Crippen LogP contribution in [0.3, 0.4) is 0 Å². The fourth-order valence-corrected chi connectivity index (χ4v) is 8.17. The molecule has 0 radical (unpaired) electrons. The number of pyridine rings is 2. The van der Waals surface area contributed by atoms with Crippen LogP contribution in [0.15, 0.2) is 183 Å². The summed E-state index contributed by atoms with van der Waals surface area (Å²) in [5.74, 6) is 0. The number of aromatic nitrogens is 6. The Labute approximate surface area is 372 Å². The summed E-state index contributed by atoms with van der Waals surface area (Å²) in [5.41, 5.74) is 9.25. The number of benzene rings is 4. The number of hydrogen-bond acceptors (Lipinski definition) is 6. The number of carbonyl (C=O) groups is 2. The van der Waals surface area contributed by atoms with Crippen molar-refractivity contribution < 1.29 is 28.2 Å². The number of hydrogen-bond donors (Lipinski definition) is 2. The van der Waals surface area contributed by atoms with E-state index in [-0.39, 0.29) is 13.2 Å². The Hall–Kier alpha value is -7.86. The van der Waals surface area contributed by atoms with Gasteiger partial charge in [-0.3, -0.25) is 0 Å². The first-order valence-corrected chi connectivity index (χ1v) is 21.6. The number of imidazole rings is 2. The summed E-state index contributed by atoms with van der Waals surface area (Å²) in [5, 5.41) is 6.40. The van der Waals surface area contributed by atoms with Gasteiger partial charge in [0.2, 0.25) is 12.7 Å². The third-order valence-corrected chi connectivity index (χ3v) is 11.2. The summed E-state index contributed by atoms with van der Waals surface area (Å²) >= 11 is 0. The molecule has 12 nitrogen and oxygen atoms in total. The molecule has 4 aromatic heterocycles. The van der Waals surface area contributed by atoms with Crippen LogP contribution in [0.5, 0.6) is 0 Å². The molecule has 64 heavy (non-hydrogen) atoms. The first-order chi connectivity index (χ1) is 31.5. The topological polar surface area (TPSA) is 120 Å². The molecule has 8 bridgehead atoms. The van der Waals surface area contributed by atoms with Gasteiger partial charge in [0.05, 0.1) is 22.8 Å². The quantitative estimate of drug-likeness (QED) is 0.122. The first kappa shape index (κ1) is 41.5. The van der Waals surface area contributed by atoms with Gasteiger partial charge in [-0.1, -0.05) is 133 Å². The molecule has 320 valence electrons. The smallest absolute Gasteiger partial charge is 0.408 e. The molecule has 0 unspecified atom stereocenters. The van der Waals surface area contributed by atoms with Crippen LogP contribution in [0.1, 0.15) is 68.5 Å². The molecule has 12 heteroatoms. The van der Waals surface area contributed by atoms with Crippen LogP contribution < -0.4 is 19.8 Å². The lowest BCUT2D eigenvalue weighted by Gasteiger charge is -2.18. The third kappa shape index (κ3) is 11.0. The molecule has 1 aliphatic rings. The predicted molar refractivity (Wildman–Crippen MR) is 239 cm³/mol. The van der Waals surface area contributed by atoms with Gasteiger partial charge in [0.1, 0.15) is 63.9 Å². The summed E-state index contributed by atoms with van der Waals surface area (Å²) in [6.45, 7) is 2.22. The fourth-order valence-electron chi connectivity index (χ4n) is 8.17.